The summed E-state index contributed by atoms with van der Waals surface area (Å²) in [5.41, 5.74) is 2.30. The van der Waals surface area contributed by atoms with Gasteiger partial charge in [0, 0.05) is 5.92 Å². The molecule has 2 rings (SSSR count). The molecule has 0 fully saturated rings. The summed E-state index contributed by atoms with van der Waals surface area (Å²) in [4.78, 5) is 11.6. The van der Waals surface area contributed by atoms with Gasteiger partial charge in [0.2, 0.25) is 10.5 Å². The third kappa shape index (κ3) is 3.08. The second-order valence-electron chi connectivity index (χ2n) is 4.15. The average Bonchev–Trinajstić information content (AvgIpc) is 2.46. The second-order valence-corrected chi connectivity index (χ2v) is 4.56. The van der Waals surface area contributed by atoms with Crippen LogP contribution in [-0.4, -0.2) is 16.5 Å². The normalized spacial score (nSPS) is 10.5. The summed E-state index contributed by atoms with van der Waals surface area (Å²) in [6.45, 7) is 0. The Balaban J connectivity index is 2.32. The Morgan fingerprint density at radius 1 is 0.944 bits per heavy atom. The van der Waals surface area contributed by atoms with Crippen LogP contribution < -0.4 is 0 Å². The van der Waals surface area contributed by atoms with E-state index >= 15 is 0 Å². The first kappa shape index (κ1) is 12.6. The van der Waals surface area contributed by atoms with Crippen LogP contribution >= 0.6 is 0 Å². The number of hydrogen-bond donors (Lipinski definition) is 0. The summed E-state index contributed by atoms with van der Waals surface area (Å²) in [6, 6.07) is 20.2. The van der Waals surface area contributed by atoms with Gasteiger partial charge in [-0.1, -0.05) is 60.7 Å². The van der Waals surface area contributed by atoms with Crippen molar-refractivity contribution in [1.82, 2.24) is 0 Å². The van der Waals surface area contributed by atoms with Crippen molar-refractivity contribution in [3.63, 3.8) is 0 Å². The van der Waals surface area contributed by atoms with Crippen molar-refractivity contribution < 1.29 is 9.22 Å². The van der Waals surface area contributed by atoms with E-state index in [0.29, 0.717) is 16.9 Å². The molecule has 0 unspecified atom stereocenters. The Bertz CT molecular complexity index is 457. The summed E-state index contributed by atoms with van der Waals surface area (Å²) in [7, 11) is 0.453. The van der Waals surface area contributed by atoms with Gasteiger partial charge in [0.25, 0.3) is 5.97 Å². The monoisotopic (exact) mass is 256 g/mol. The Hall–Kier alpha value is -1.87. The van der Waals surface area contributed by atoms with E-state index in [9.17, 15) is 4.79 Å². The van der Waals surface area contributed by atoms with E-state index in [0.717, 1.165) is 11.1 Å². The summed E-state index contributed by atoms with van der Waals surface area (Å²) in [5.74, 6) is -0.0479. The molecule has 0 aliphatic carbocycles. The third-order valence-corrected chi connectivity index (χ3v) is 3.46. The molecule has 0 amide bonds. The first-order valence-electron chi connectivity index (χ1n) is 5.98. The Labute approximate surface area is 110 Å². The molecule has 0 aliphatic heterocycles. The van der Waals surface area contributed by atoms with Gasteiger partial charge < -0.3 is 4.43 Å². The zero-order valence-corrected chi connectivity index (χ0v) is 12.4. The summed E-state index contributed by atoms with van der Waals surface area (Å²) in [6.07, 6.45) is 0.400. The number of hydrogen-bond acceptors (Lipinski definition) is 2. The third-order valence-electron chi connectivity index (χ3n) is 3.00. The van der Waals surface area contributed by atoms with Gasteiger partial charge in [-0.25, -0.2) is 0 Å². The average molecular weight is 256 g/mol. The minimum Gasteiger partial charge on any atom is -0.529 e. The van der Waals surface area contributed by atoms with Gasteiger partial charge in [-0.15, -0.1) is 0 Å². The fourth-order valence-electron chi connectivity index (χ4n) is 2.05. The lowest BCUT2D eigenvalue weighted by Crippen LogP contribution is -2.10. The number of rotatable bonds is 4. The molecule has 0 N–H and O–H groups in total. The van der Waals surface area contributed by atoms with Crippen LogP contribution in [0.5, 0.6) is 0 Å². The highest BCUT2D eigenvalue weighted by atomic mass is 28.2. The molecular weight excluding hydrogens is 240 g/mol. The molecule has 0 bridgehead atoms. The van der Waals surface area contributed by atoms with E-state index in [-0.39, 0.29) is 11.9 Å². The van der Waals surface area contributed by atoms with Gasteiger partial charge in [-0.05, 0) is 11.1 Å². The predicted molar refractivity (Wildman–Crippen MR) is 75.4 cm³/mol. The number of carbonyl (C=O) groups is 1. The quantitative estimate of drug-likeness (QED) is 0.782. The molecule has 0 heterocycles. The van der Waals surface area contributed by atoms with Crippen LogP contribution in [0.15, 0.2) is 60.7 Å². The molecule has 0 saturated heterocycles. The van der Waals surface area contributed by atoms with Crippen LogP contribution in [0.25, 0.3) is 0 Å². The van der Waals surface area contributed by atoms with Gasteiger partial charge in [-0.2, -0.15) is 0 Å². The van der Waals surface area contributed by atoms with E-state index in [4.69, 9.17) is 4.43 Å². The van der Waals surface area contributed by atoms with Crippen LogP contribution in [0.4, 0.5) is 0 Å². The Kier molecular flexibility index (Phi) is 4.31. The van der Waals surface area contributed by atoms with E-state index in [1.165, 1.54) is 0 Å². The summed E-state index contributed by atoms with van der Waals surface area (Å²) < 4.78 is 4.92. The molecule has 0 saturated carbocycles. The lowest BCUT2D eigenvalue weighted by atomic mass is 9.89. The number of carbonyl (C=O) groups excluding carboxylic acids is 1. The van der Waals surface area contributed by atoms with Gasteiger partial charge in [-0.3, -0.25) is 4.79 Å². The molecule has 0 radical (unpaired) electrons. The highest BCUT2D eigenvalue weighted by molar-refractivity contribution is 6.05. The topological polar surface area (TPSA) is 26.3 Å². The van der Waals surface area contributed by atoms with Gasteiger partial charge >= 0.3 is 0 Å². The molecule has 2 nitrogen and oxygen atoms in total. The van der Waals surface area contributed by atoms with Crippen LogP contribution in [0, 0.1) is 0 Å². The molecule has 18 heavy (non-hydrogen) atoms. The molecule has 0 aliphatic rings. The van der Waals surface area contributed by atoms with Crippen molar-refractivity contribution >= 4 is 16.5 Å². The van der Waals surface area contributed by atoms with Crippen molar-refractivity contribution in [1.29, 1.82) is 0 Å². The minimum atomic E-state index is -0.126. The van der Waals surface area contributed by atoms with Gasteiger partial charge in [0.15, 0.2) is 0 Å². The molecular formula is C15H16O2Si. The molecule has 92 valence electrons. The summed E-state index contributed by atoms with van der Waals surface area (Å²) in [5, 5.41) is 0. The zero-order valence-electron chi connectivity index (χ0n) is 10.4. The van der Waals surface area contributed by atoms with E-state index < -0.39 is 0 Å². The van der Waals surface area contributed by atoms with Crippen LogP contribution in [0.3, 0.4) is 0 Å². The second kappa shape index (κ2) is 6.17. The SMILES string of the molecule is O=C(CC(c1ccccc1)c1ccccc1)O[SiH3]. The maximum atomic E-state index is 11.6. The van der Waals surface area contributed by atoms with Gasteiger partial charge in [0.05, 0.1) is 6.42 Å². The largest absolute Gasteiger partial charge is 0.529 e. The highest BCUT2D eigenvalue weighted by Gasteiger charge is 2.17. The fourth-order valence-corrected chi connectivity index (χ4v) is 2.22. The van der Waals surface area contributed by atoms with E-state index in [1.807, 2.05) is 36.4 Å². The van der Waals surface area contributed by atoms with Crippen LogP contribution in [-0.2, 0) is 9.22 Å². The lowest BCUT2D eigenvalue weighted by molar-refractivity contribution is -0.134. The fraction of sp³-hybridized carbons (Fsp3) is 0.133. The molecule has 2 aromatic carbocycles. The Morgan fingerprint density at radius 2 is 1.39 bits per heavy atom. The standard InChI is InChI=1S/C15H16O2Si/c16-15(17-18)11-14(12-7-3-1-4-8-12)13-9-5-2-6-10-13/h1-10,14H,11H2,18H3. The molecule has 0 atom stereocenters. The van der Waals surface area contributed by atoms with Crippen LogP contribution in [0.2, 0.25) is 0 Å². The van der Waals surface area contributed by atoms with Crippen molar-refractivity contribution in [3.8, 4) is 0 Å². The van der Waals surface area contributed by atoms with Crippen molar-refractivity contribution in [3.05, 3.63) is 71.8 Å². The summed E-state index contributed by atoms with van der Waals surface area (Å²) >= 11 is 0. The van der Waals surface area contributed by atoms with Crippen molar-refractivity contribution in [2.45, 2.75) is 12.3 Å². The van der Waals surface area contributed by atoms with Crippen molar-refractivity contribution in [2.75, 3.05) is 0 Å². The van der Waals surface area contributed by atoms with E-state index in [1.54, 1.807) is 0 Å². The maximum absolute atomic E-state index is 11.6. The predicted octanol–water partition coefficient (Wildman–Crippen LogP) is 2.03. The first-order valence-corrected chi connectivity index (χ1v) is 6.79. The first-order chi connectivity index (χ1) is 8.81. The minimum absolute atomic E-state index is 0.0776. The highest BCUT2D eigenvalue weighted by Crippen LogP contribution is 2.27. The Morgan fingerprint density at radius 3 is 1.78 bits per heavy atom. The molecule has 2 aromatic rings. The maximum Gasteiger partial charge on any atom is 0.292 e. The zero-order chi connectivity index (χ0) is 12.8. The molecule has 0 aromatic heterocycles. The number of benzene rings is 2. The van der Waals surface area contributed by atoms with Gasteiger partial charge in [0.1, 0.15) is 0 Å². The van der Waals surface area contributed by atoms with Crippen LogP contribution in [0.1, 0.15) is 23.5 Å². The molecule has 0 spiro atoms. The lowest BCUT2D eigenvalue weighted by Gasteiger charge is -2.16. The van der Waals surface area contributed by atoms with E-state index in [2.05, 4.69) is 24.3 Å². The van der Waals surface area contributed by atoms with Crippen molar-refractivity contribution in [2.24, 2.45) is 0 Å². The smallest absolute Gasteiger partial charge is 0.292 e. The molecule has 3 heteroatoms.